The van der Waals surface area contributed by atoms with Crippen molar-refractivity contribution in [3.8, 4) is 0 Å². The van der Waals surface area contributed by atoms with E-state index in [0.29, 0.717) is 6.42 Å². The number of benzene rings is 3. The highest BCUT2D eigenvalue weighted by molar-refractivity contribution is 6.74. The highest BCUT2D eigenvalue weighted by Gasteiger charge is 2.47. The number of nitrogens with one attached hydrogen (secondary N) is 1. The lowest BCUT2D eigenvalue weighted by Crippen LogP contribution is -2.59. The van der Waals surface area contributed by atoms with Crippen LogP contribution >= 0.6 is 0 Å². The van der Waals surface area contributed by atoms with E-state index >= 15 is 0 Å². The highest BCUT2D eigenvalue weighted by atomic mass is 28.4. The molecule has 0 bridgehead atoms. The van der Waals surface area contributed by atoms with Gasteiger partial charge in [-0.2, -0.15) is 0 Å². The van der Waals surface area contributed by atoms with Crippen molar-refractivity contribution >= 4 is 31.8 Å². The summed E-state index contributed by atoms with van der Waals surface area (Å²) in [5.41, 5.74) is 7.04. The monoisotopic (exact) mass is 691 g/mol. The van der Waals surface area contributed by atoms with Crippen molar-refractivity contribution in [2.45, 2.75) is 96.3 Å². The normalized spacial score (nSPS) is 16.5. The van der Waals surface area contributed by atoms with Crippen LogP contribution in [0.3, 0.4) is 0 Å². The maximum Gasteiger partial charge on any atom is 0.414 e. The molecule has 8 nitrogen and oxygen atoms in total. The number of halogens is 2. The Hall–Kier alpha value is -4.35. The maximum absolute atomic E-state index is 14.5. The Kier molecular flexibility index (Phi) is 11.2. The highest BCUT2D eigenvalue weighted by Crippen LogP contribution is 2.41. The van der Waals surface area contributed by atoms with E-state index in [1.807, 2.05) is 30.3 Å². The van der Waals surface area contributed by atoms with E-state index in [4.69, 9.17) is 14.9 Å². The van der Waals surface area contributed by atoms with E-state index in [2.05, 4.69) is 39.2 Å². The van der Waals surface area contributed by atoms with Gasteiger partial charge < -0.3 is 20.2 Å². The van der Waals surface area contributed by atoms with E-state index in [9.17, 15) is 23.2 Å². The van der Waals surface area contributed by atoms with E-state index < -0.39 is 61.6 Å². The average Bonchev–Trinajstić information content (AvgIpc) is 3.44. The van der Waals surface area contributed by atoms with Crippen LogP contribution in [0, 0.1) is 11.6 Å². The molecule has 1 unspecified atom stereocenters. The summed E-state index contributed by atoms with van der Waals surface area (Å²) in [6, 6.07) is 17.2. The molecular formula is C38H47F2N3O5Si. The standard InChI is InChI=1S/C38H47F2N3O5Si/c1-37(2,3)47-36(46)43-23-28(25-13-10-9-11-14-25)21-32(43)33(48-49(7,8)38(4,5)6)31(19-24-17-29(39)22-30(40)18-24)42-35(45)27-16-12-15-26(20-27)34(41)44/h9-18,20,22-23,31-33H,19,21H2,1-8H3,(H2,41,44)(H,42,45)/t31-,32?,33-/m0/s1. The van der Waals surface area contributed by atoms with Crippen molar-refractivity contribution in [1.82, 2.24) is 10.2 Å². The topological polar surface area (TPSA) is 111 Å². The van der Waals surface area contributed by atoms with Gasteiger partial charge in [-0.15, -0.1) is 0 Å². The molecule has 0 fully saturated rings. The first kappa shape index (κ1) is 37.5. The van der Waals surface area contributed by atoms with Crippen LogP contribution in [0.15, 0.2) is 79.0 Å². The third-order valence-corrected chi connectivity index (χ3v) is 13.4. The molecule has 0 saturated carbocycles. The van der Waals surface area contributed by atoms with Gasteiger partial charge in [0.25, 0.3) is 5.91 Å². The number of hydrogen-bond acceptors (Lipinski definition) is 5. The smallest absolute Gasteiger partial charge is 0.414 e. The average molecular weight is 692 g/mol. The minimum Gasteiger partial charge on any atom is -0.443 e. The first-order valence-electron chi connectivity index (χ1n) is 16.3. The number of primary amides is 1. The Morgan fingerprint density at radius 3 is 2.10 bits per heavy atom. The van der Waals surface area contributed by atoms with Gasteiger partial charge in [0.05, 0.1) is 18.2 Å². The number of nitrogens with two attached hydrogens (primary N) is 1. The van der Waals surface area contributed by atoms with E-state index in [0.717, 1.165) is 17.2 Å². The Balaban J connectivity index is 1.88. The summed E-state index contributed by atoms with van der Waals surface area (Å²) in [7, 11) is -2.67. The van der Waals surface area contributed by atoms with Gasteiger partial charge in [0.1, 0.15) is 17.2 Å². The van der Waals surface area contributed by atoms with Crippen LogP contribution in [0.4, 0.5) is 13.6 Å². The van der Waals surface area contributed by atoms with E-state index in [1.165, 1.54) is 29.2 Å². The summed E-state index contributed by atoms with van der Waals surface area (Å²) in [5, 5.41) is 2.77. The predicted molar refractivity (Wildman–Crippen MR) is 189 cm³/mol. The molecule has 3 amide bonds. The molecule has 3 aromatic rings. The number of ether oxygens (including phenoxy) is 1. The second kappa shape index (κ2) is 14.6. The third kappa shape index (κ3) is 9.63. The molecule has 262 valence electrons. The molecule has 49 heavy (non-hydrogen) atoms. The zero-order chi connectivity index (χ0) is 36.3. The number of hydrogen-bond donors (Lipinski definition) is 2. The molecule has 11 heteroatoms. The molecule has 3 atom stereocenters. The summed E-state index contributed by atoms with van der Waals surface area (Å²) in [5.74, 6) is -2.77. The molecule has 0 aliphatic carbocycles. The minimum absolute atomic E-state index is 0.0332. The number of amides is 3. The molecular weight excluding hydrogens is 645 g/mol. The Morgan fingerprint density at radius 2 is 1.53 bits per heavy atom. The second-order valence-electron chi connectivity index (χ2n) is 15.0. The quantitative estimate of drug-likeness (QED) is 0.211. The van der Waals surface area contributed by atoms with Crippen molar-refractivity contribution < 1.29 is 32.3 Å². The fourth-order valence-corrected chi connectivity index (χ4v) is 6.86. The molecule has 0 radical (unpaired) electrons. The van der Waals surface area contributed by atoms with Crippen LogP contribution in [0.25, 0.3) is 5.57 Å². The number of carbonyl (C=O) groups is 3. The number of carbonyl (C=O) groups excluding carboxylic acids is 3. The number of rotatable bonds is 10. The fourth-order valence-electron chi connectivity index (χ4n) is 5.51. The van der Waals surface area contributed by atoms with Crippen LogP contribution in [0.5, 0.6) is 0 Å². The van der Waals surface area contributed by atoms with Crippen LogP contribution < -0.4 is 11.1 Å². The minimum atomic E-state index is -2.67. The van der Waals surface area contributed by atoms with Gasteiger partial charge in [0, 0.05) is 23.4 Å². The van der Waals surface area contributed by atoms with Gasteiger partial charge in [0.15, 0.2) is 8.32 Å². The molecule has 1 aliphatic heterocycles. The Bertz CT molecular complexity index is 1700. The van der Waals surface area contributed by atoms with Gasteiger partial charge in [-0.25, -0.2) is 13.6 Å². The van der Waals surface area contributed by atoms with E-state index in [-0.39, 0.29) is 28.1 Å². The van der Waals surface area contributed by atoms with Gasteiger partial charge in [0.2, 0.25) is 5.91 Å². The van der Waals surface area contributed by atoms with Gasteiger partial charge in [-0.3, -0.25) is 14.5 Å². The van der Waals surface area contributed by atoms with Crippen LogP contribution in [-0.2, 0) is 15.6 Å². The zero-order valence-electron chi connectivity index (χ0n) is 29.5. The van der Waals surface area contributed by atoms with Crippen LogP contribution in [-0.4, -0.2) is 54.9 Å². The van der Waals surface area contributed by atoms with Crippen molar-refractivity contribution in [2.75, 3.05) is 0 Å². The lowest BCUT2D eigenvalue weighted by molar-refractivity contribution is 0.00827. The SMILES string of the molecule is CC(C)(C)OC(=O)N1C=C(c2ccccc2)CC1[C@@H](O[Si](C)(C)C(C)(C)C)[C@H](Cc1cc(F)cc(F)c1)NC(=O)c1cccc(C(N)=O)c1. The van der Waals surface area contributed by atoms with Gasteiger partial charge in [-0.05, 0) is 98.8 Å². The van der Waals surface area contributed by atoms with Crippen LogP contribution in [0.2, 0.25) is 18.1 Å². The first-order chi connectivity index (χ1) is 22.7. The predicted octanol–water partition coefficient (Wildman–Crippen LogP) is 7.85. The molecule has 1 aliphatic rings. The molecule has 4 rings (SSSR count). The summed E-state index contributed by atoms with van der Waals surface area (Å²) in [6.07, 6.45) is 0.606. The van der Waals surface area contributed by atoms with Crippen molar-refractivity contribution in [1.29, 1.82) is 0 Å². The molecule has 3 N–H and O–H groups in total. The zero-order valence-corrected chi connectivity index (χ0v) is 30.5. The second-order valence-corrected chi connectivity index (χ2v) is 19.8. The lowest BCUT2D eigenvalue weighted by Gasteiger charge is -2.45. The van der Waals surface area contributed by atoms with Crippen LogP contribution in [0.1, 0.15) is 79.8 Å². The summed E-state index contributed by atoms with van der Waals surface area (Å²) in [6.45, 7) is 15.7. The largest absolute Gasteiger partial charge is 0.443 e. The van der Waals surface area contributed by atoms with Gasteiger partial charge >= 0.3 is 6.09 Å². The lowest BCUT2D eigenvalue weighted by atomic mass is 9.92. The molecule has 0 spiro atoms. The van der Waals surface area contributed by atoms with E-state index in [1.54, 1.807) is 39.1 Å². The fraction of sp³-hybridized carbons (Fsp3) is 0.395. The number of nitrogens with zero attached hydrogens (tertiary/aromatic N) is 1. The van der Waals surface area contributed by atoms with Crippen molar-refractivity contribution in [3.63, 3.8) is 0 Å². The molecule has 1 heterocycles. The maximum atomic E-state index is 14.5. The summed E-state index contributed by atoms with van der Waals surface area (Å²) in [4.78, 5) is 41.3. The van der Waals surface area contributed by atoms with Gasteiger partial charge in [-0.1, -0.05) is 57.2 Å². The molecule has 0 aromatic heterocycles. The molecule has 0 saturated heterocycles. The first-order valence-corrected chi connectivity index (χ1v) is 19.3. The third-order valence-electron chi connectivity index (χ3n) is 8.95. The summed E-state index contributed by atoms with van der Waals surface area (Å²) < 4.78 is 42.1. The molecule has 3 aromatic carbocycles. The van der Waals surface area contributed by atoms with Crippen molar-refractivity contribution in [3.05, 3.63) is 113 Å². The summed E-state index contributed by atoms with van der Waals surface area (Å²) >= 11 is 0. The Morgan fingerprint density at radius 1 is 0.918 bits per heavy atom. The Labute approximate surface area is 288 Å². The van der Waals surface area contributed by atoms with Crippen molar-refractivity contribution in [2.24, 2.45) is 5.73 Å².